The van der Waals surface area contributed by atoms with E-state index < -0.39 is 37.4 Å². The van der Waals surface area contributed by atoms with Gasteiger partial charge >= 0.3 is 13.7 Å². The summed E-state index contributed by atoms with van der Waals surface area (Å²) in [6.07, 6.45) is 1.22. The van der Waals surface area contributed by atoms with Crippen LogP contribution in [0.3, 0.4) is 0 Å². The maximum Gasteiger partial charge on any atom is 0.492 e. The van der Waals surface area contributed by atoms with Crippen molar-refractivity contribution in [1.82, 2.24) is 0 Å². The first kappa shape index (κ1) is 18.8. The summed E-state index contributed by atoms with van der Waals surface area (Å²) >= 11 is 0. The summed E-state index contributed by atoms with van der Waals surface area (Å²) in [4.78, 5) is 0. The van der Waals surface area contributed by atoms with Crippen molar-refractivity contribution in [2.75, 3.05) is 6.61 Å². The smallest absolute Gasteiger partial charge is 0.434 e. The van der Waals surface area contributed by atoms with Crippen LogP contribution in [0.4, 0.5) is 13.2 Å². The van der Waals surface area contributed by atoms with Gasteiger partial charge in [0.15, 0.2) is 0 Å². The summed E-state index contributed by atoms with van der Waals surface area (Å²) in [7, 11) is -0.918. The first-order valence-corrected chi connectivity index (χ1v) is 7.47. The van der Waals surface area contributed by atoms with Gasteiger partial charge in [-0.3, -0.25) is 0 Å². The third-order valence-corrected chi connectivity index (χ3v) is 4.30. The number of alkyl halides is 2. The Morgan fingerprint density at radius 2 is 1.83 bits per heavy atom. The Morgan fingerprint density at radius 1 is 1.25 bits per heavy atom. The van der Waals surface area contributed by atoms with Crippen LogP contribution in [0.5, 0.6) is 5.75 Å². The van der Waals surface area contributed by atoms with Gasteiger partial charge in [0.05, 0.1) is 23.4 Å². The number of ether oxygens (including phenoxy) is 1. The summed E-state index contributed by atoms with van der Waals surface area (Å²) in [5.74, 6) is -1.08. The van der Waals surface area contributed by atoms with Gasteiger partial charge in [-0.1, -0.05) is 12.1 Å². The molecule has 1 aliphatic rings. The van der Waals surface area contributed by atoms with E-state index in [2.05, 4.69) is 4.74 Å². The first-order valence-electron chi connectivity index (χ1n) is 7.47. The van der Waals surface area contributed by atoms with Gasteiger partial charge < -0.3 is 19.2 Å². The van der Waals surface area contributed by atoms with Crippen molar-refractivity contribution in [2.45, 2.75) is 45.5 Å². The minimum Gasteiger partial charge on any atom is -0.434 e. The monoisotopic (exact) mass is 344 g/mol. The molecule has 1 N–H and O–H groups in total. The molecule has 1 aliphatic heterocycles. The second-order valence-electron chi connectivity index (χ2n) is 6.50. The number of hydrogen-bond donors (Lipinski definition) is 1. The highest BCUT2D eigenvalue weighted by Crippen LogP contribution is 2.39. The number of hydrogen-bond acceptors (Lipinski definition) is 4. The zero-order valence-corrected chi connectivity index (χ0v) is 14.0. The number of benzene rings is 1. The van der Waals surface area contributed by atoms with E-state index in [1.807, 2.05) is 27.7 Å². The Hall–Kier alpha value is -1.51. The van der Waals surface area contributed by atoms with Crippen molar-refractivity contribution < 1.29 is 32.3 Å². The quantitative estimate of drug-likeness (QED) is 0.832. The van der Waals surface area contributed by atoms with Gasteiger partial charge in [0.1, 0.15) is 11.6 Å². The van der Waals surface area contributed by atoms with E-state index in [0.717, 1.165) is 6.07 Å². The highest BCUT2D eigenvalue weighted by molar-refractivity contribution is 6.55. The molecule has 1 saturated heterocycles. The molecule has 0 unspecified atom stereocenters. The number of halogens is 3. The molecule has 1 aromatic rings. The number of aliphatic hydroxyl groups is 1. The molecule has 0 atom stereocenters. The molecule has 1 fully saturated rings. The van der Waals surface area contributed by atoms with Crippen LogP contribution in [-0.2, 0) is 9.31 Å². The molecule has 8 heteroatoms. The minimum absolute atomic E-state index is 0.198. The van der Waals surface area contributed by atoms with Crippen LogP contribution in [0.2, 0.25) is 0 Å². The summed E-state index contributed by atoms with van der Waals surface area (Å²) in [5.41, 5.74) is -1.29. The largest absolute Gasteiger partial charge is 0.492 e. The molecular weight excluding hydrogens is 324 g/mol. The van der Waals surface area contributed by atoms with Crippen LogP contribution in [-0.4, -0.2) is 36.6 Å². The standard InChI is InChI=1S/C16H20BF3O4/c1-15(2)16(3,4)24-17(23-15)10(9-21)8-11-12(18)6-5-7-13(11)22-14(19)20/h5-8,14,21H,9H2,1-4H3. The lowest BCUT2D eigenvalue weighted by Gasteiger charge is -2.32. The molecule has 0 spiro atoms. The zero-order chi connectivity index (χ0) is 18.1. The highest BCUT2D eigenvalue weighted by atomic mass is 19.3. The fourth-order valence-corrected chi connectivity index (χ4v) is 2.22. The molecule has 0 radical (unpaired) electrons. The Balaban J connectivity index is 2.39. The maximum absolute atomic E-state index is 14.1. The van der Waals surface area contributed by atoms with Crippen molar-refractivity contribution in [1.29, 1.82) is 0 Å². The zero-order valence-electron chi connectivity index (χ0n) is 14.0. The summed E-state index contributed by atoms with van der Waals surface area (Å²) < 4.78 is 55.0. The van der Waals surface area contributed by atoms with Crippen molar-refractivity contribution in [2.24, 2.45) is 0 Å². The normalized spacial score (nSPS) is 19.9. The Morgan fingerprint density at radius 3 is 2.33 bits per heavy atom. The third-order valence-electron chi connectivity index (χ3n) is 4.30. The van der Waals surface area contributed by atoms with E-state index in [9.17, 15) is 18.3 Å². The van der Waals surface area contributed by atoms with E-state index >= 15 is 0 Å². The molecule has 0 aromatic heterocycles. The van der Waals surface area contributed by atoms with Crippen molar-refractivity contribution in [3.8, 4) is 5.75 Å². The lowest BCUT2D eigenvalue weighted by atomic mass is 9.77. The Bertz CT molecular complexity index is 616. The van der Waals surface area contributed by atoms with Gasteiger partial charge in [0, 0.05) is 0 Å². The van der Waals surface area contributed by atoms with Gasteiger partial charge in [-0.25, -0.2) is 4.39 Å². The minimum atomic E-state index is -3.09. The predicted molar refractivity (Wildman–Crippen MR) is 84.2 cm³/mol. The van der Waals surface area contributed by atoms with Crippen LogP contribution in [0.1, 0.15) is 33.3 Å². The van der Waals surface area contributed by atoms with E-state index in [-0.39, 0.29) is 16.8 Å². The summed E-state index contributed by atoms with van der Waals surface area (Å²) in [5, 5.41) is 9.61. The van der Waals surface area contributed by atoms with Gasteiger partial charge in [-0.05, 0) is 45.3 Å². The molecule has 2 rings (SSSR count). The SMILES string of the molecule is CC1(C)OB(C(=Cc2c(F)cccc2OC(F)F)CO)OC1(C)C. The molecule has 0 aliphatic carbocycles. The van der Waals surface area contributed by atoms with Crippen molar-refractivity contribution >= 4 is 13.2 Å². The fraction of sp³-hybridized carbons (Fsp3) is 0.500. The van der Waals surface area contributed by atoms with Crippen LogP contribution < -0.4 is 4.74 Å². The Labute approximate surface area is 139 Å². The maximum atomic E-state index is 14.1. The fourth-order valence-electron chi connectivity index (χ4n) is 2.22. The molecule has 0 bridgehead atoms. The predicted octanol–water partition coefficient (Wildman–Crippen LogP) is 3.43. The lowest BCUT2D eigenvalue weighted by molar-refractivity contribution is -0.0501. The first-order chi connectivity index (χ1) is 11.1. The molecule has 0 saturated carbocycles. The van der Waals surface area contributed by atoms with Crippen LogP contribution >= 0.6 is 0 Å². The third kappa shape index (κ3) is 3.76. The highest BCUT2D eigenvalue weighted by Gasteiger charge is 2.52. The number of rotatable bonds is 5. The van der Waals surface area contributed by atoms with Crippen molar-refractivity contribution in [3.05, 3.63) is 35.1 Å². The molecule has 4 nitrogen and oxygen atoms in total. The topological polar surface area (TPSA) is 47.9 Å². The van der Waals surface area contributed by atoms with E-state index in [1.165, 1.54) is 18.2 Å². The molecule has 1 aromatic carbocycles. The van der Waals surface area contributed by atoms with E-state index in [0.29, 0.717) is 0 Å². The van der Waals surface area contributed by atoms with Gasteiger partial charge in [0.25, 0.3) is 0 Å². The molecule has 0 amide bonds. The second-order valence-corrected chi connectivity index (χ2v) is 6.50. The molecular formula is C16H20BF3O4. The van der Waals surface area contributed by atoms with Crippen molar-refractivity contribution in [3.63, 3.8) is 0 Å². The Kier molecular flexibility index (Phi) is 5.32. The van der Waals surface area contributed by atoms with E-state index in [1.54, 1.807) is 0 Å². The van der Waals surface area contributed by atoms with Crippen LogP contribution in [0.15, 0.2) is 23.7 Å². The van der Waals surface area contributed by atoms with E-state index in [4.69, 9.17) is 9.31 Å². The van der Waals surface area contributed by atoms with Gasteiger partial charge in [-0.15, -0.1) is 0 Å². The molecule has 24 heavy (non-hydrogen) atoms. The number of aliphatic hydroxyl groups excluding tert-OH is 1. The van der Waals surface area contributed by atoms with Crippen LogP contribution in [0.25, 0.3) is 6.08 Å². The average molecular weight is 344 g/mol. The molecule has 132 valence electrons. The lowest BCUT2D eigenvalue weighted by Crippen LogP contribution is -2.41. The van der Waals surface area contributed by atoms with Gasteiger partial charge in [-0.2, -0.15) is 8.78 Å². The second kappa shape index (κ2) is 6.78. The molecule has 1 heterocycles. The van der Waals surface area contributed by atoms with Gasteiger partial charge in [0.2, 0.25) is 0 Å². The summed E-state index contributed by atoms with van der Waals surface area (Å²) in [6, 6.07) is 3.60. The average Bonchev–Trinajstić information content (AvgIpc) is 2.66. The van der Waals surface area contributed by atoms with Crippen LogP contribution in [0, 0.1) is 5.82 Å². The summed E-state index contributed by atoms with van der Waals surface area (Å²) in [6.45, 7) is 3.74.